The number of aliphatic hydroxyl groups excluding tert-OH is 1. The number of carbonyl (C=O) groups is 1. The third kappa shape index (κ3) is 2.78. The van der Waals surface area contributed by atoms with E-state index in [0.29, 0.717) is 0 Å². The lowest BCUT2D eigenvalue weighted by Gasteiger charge is -2.11. The first-order valence-electron chi connectivity index (χ1n) is 4.75. The largest absolute Gasteiger partial charge is 0.481 e. The van der Waals surface area contributed by atoms with Gasteiger partial charge in [0.2, 0.25) is 0 Å². The van der Waals surface area contributed by atoms with Gasteiger partial charge >= 0.3 is 5.97 Å². The van der Waals surface area contributed by atoms with Crippen LogP contribution < -0.4 is 5.73 Å². The summed E-state index contributed by atoms with van der Waals surface area (Å²) in [6, 6.07) is 6.54. The molecule has 4 heteroatoms. The van der Waals surface area contributed by atoms with Crippen molar-refractivity contribution in [3.63, 3.8) is 0 Å². The highest BCUT2D eigenvalue weighted by molar-refractivity contribution is 5.75. The average Bonchev–Trinajstić information content (AvgIpc) is 2.27. The van der Waals surface area contributed by atoms with Crippen molar-refractivity contribution in [3.8, 4) is 0 Å². The fraction of sp³-hybridized carbons (Fsp3) is 0.364. The number of nitrogens with two attached hydrogens (primary N) is 1. The second-order valence-electron chi connectivity index (χ2n) is 3.52. The second-order valence-corrected chi connectivity index (χ2v) is 3.52. The zero-order valence-corrected chi connectivity index (χ0v) is 8.55. The summed E-state index contributed by atoms with van der Waals surface area (Å²) in [4.78, 5) is 10.7. The standard InChI is InChI=1S/C11H15NO3/c1-7(11(14)15)8-2-4-9(5-3-8)10(12)6-13/h2-5,7,10,13H,6,12H2,1H3,(H,14,15)/t7?,10-/m1/s1. The van der Waals surface area contributed by atoms with Gasteiger partial charge in [-0.1, -0.05) is 24.3 Å². The van der Waals surface area contributed by atoms with Crippen LogP contribution in [0.25, 0.3) is 0 Å². The Morgan fingerprint density at radius 3 is 2.20 bits per heavy atom. The molecule has 1 aromatic carbocycles. The van der Waals surface area contributed by atoms with Crippen molar-refractivity contribution in [3.05, 3.63) is 35.4 Å². The Morgan fingerprint density at radius 2 is 1.80 bits per heavy atom. The molecule has 0 spiro atoms. The second kappa shape index (κ2) is 4.91. The number of benzene rings is 1. The summed E-state index contributed by atoms with van der Waals surface area (Å²) >= 11 is 0. The monoisotopic (exact) mass is 209 g/mol. The molecule has 0 aliphatic heterocycles. The lowest BCUT2D eigenvalue weighted by atomic mass is 9.98. The van der Waals surface area contributed by atoms with Crippen molar-refractivity contribution in [1.29, 1.82) is 0 Å². The summed E-state index contributed by atoms with van der Waals surface area (Å²) < 4.78 is 0. The molecule has 0 aromatic heterocycles. The number of aliphatic hydroxyl groups is 1. The van der Waals surface area contributed by atoms with Crippen LogP contribution in [0.4, 0.5) is 0 Å². The molecule has 0 heterocycles. The summed E-state index contributed by atoms with van der Waals surface area (Å²) in [6.07, 6.45) is 0. The molecular weight excluding hydrogens is 194 g/mol. The Balaban J connectivity index is 2.85. The van der Waals surface area contributed by atoms with Crippen LogP contribution in [-0.4, -0.2) is 22.8 Å². The Morgan fingerprint density at radius 1 is 1.33 bits per heavy atom. The van der Waals surface area contributed by atoms with Crippen molar-refractivity contribution in [2.45, 2.75) is 18.9 Å². The molecule has 82 valence electrons. The van der Waals surface area contributed by atoms with Gasteiger partial charge in [-0.3, -0.25) is 4.79 Å². The molecule has 2 atom stereocenters. The SMILES string of the molecule is CC(C(=O)O)c1ccc([C@H](N)CO)cc1. The van der Waals surface area contributed by atoms with Crippen LogP contribution in [0.1, 0.15) is 30.0 Å². The van der Waals surface area contributed by atoms with Crippen molar-refractivity contribution in [2.24, 2.45) is 5.73 Å². The zero-order chi connectivity index (χ0) is 11.4. The summed E-state index contributed by atoms with van der Waals surface area (Å²) in [6.45, 7) is 1.51. The number of hydrogen-bond donors (Lipinski definition) is 3. The molecule has 1 rings (SSSR count). The molecule has 4 nitrogen and oxygen atoms in total. The van der Waals surface area contributed by atoms with Crippen LogP contribution in [0, 0.1) is 0 Å². The Bertz CT molecular complexity index is 334. The smallest absolute Gasteiger partial charge is 0.310 e. The van der Waals surface area contributed by atoms with E-state index in [1.807, 2.05) is 0 Å². The van der Waals surface area contributed by atoms with Crippen molar-refractivity contribution >= 4 is 5.97 Å². The lowest BCUT2D eigenvalue weighted by Crippen LogP contribution is -2.14. The van der Waals surface area contributed by atoms with Gasteiger partial charge in [-0.15, -0.1) is 0 Å². The maximum absolute atomic E-state index is 10.7. The first-order valence-corrected chi connectivity index (χ1v) is 4.75. The van der Waals surface area contributed by atoms with Gasteiger partial charge in [0.05, 0.1) is 18.6 Å². The van der Waals surface area contributed by atoms with Gasteiger partial charge in [0, 0.05) is 0 Å². The molecule has 4 N–H and O–H groups in total. The number of carboxylic acids is 1. The van der Waals surface area contributed by atoms with Gasteiger partial charge in [0.25, 0.3) is 0 Å². The van der Waals surface area contributed by atoms with E-state index in [-0.39, 0.29) is 6.61 Å². The minimum Gasteiger partial charge on any atom is -0.481 e. The summed E-state index contributed by atoms with van der Waals surface area (Å²) in [7, 11) is 0. The fourth-order valence-corrected chi connectivity index (χ4v) is 1.28. The van der Waals surface area contributed by atoms with E-state index in [1.165, 1.54) is 0 Å². The maximum atomic E-state index is 10.7. The quantitative estimate of drug-likeness (QED) is 0.687. The molecule has 0 saturated carbocycles. The summed E-state index contributed by atoms with van der Waals surface area (Å²) in [5.41, 5.74) is 7.15. The molecule has 1 unspecified atom stereocenters. The Kier molecular flexibility index (Phi) is 3.82. The van der Waals surface area contributed by atoms with Crippen LogP contribution in [0.3, 0.4) is 0 Å². The zero-order valence-electron chi connectivity index (χ0n) is 8.55. The van der Waals surface area contributed by atoms with E-state index in [9.17, 15) is 4.79 Å². The minimum absolute atomic E-state index is 0.117. The van der Waals surface area contributed by atoms with Crippen LogP contribution in [-0.2, 0) is 4.79 Å². The van der Waals surface area contributed by atoms with E-state index in [1.54, 1.807) is 31.2 Å². The Hall–Kier alpha value is -1.39. The molecule has 0 aliphatic carbocycles. The lowest BCUT2D eigenvalue weighted by molar-refractivity contribution is -0.138. The molecule has 15 heavy (non-hydrogen) atoms. The third-order valence-corrected chi connectivity index (χ3v) is 2.43. The van der Waals surface area contributed by atoms with E-state index in [2.05, 4.69) is 0 Å². The first kappa shape index (κ1) is 11.7. The van der Waals surface area contributed by atoms with Gasteiger partial charge in [-0.05, 0) is 18.1 Å². The van der Waals surface area contributed by atoms with E-state index in [4.69, 9.17) is 15.9 Å². The highest BCUT2D eigenvalue weighted by Gasteiger charge is 2.13. The van der Waals surface area contributed by atoms with Gasteiger partial charge in [0.15, 0.2) is 0 Å². The fourth-order valence-electron chi connectivity index (χ4n) is 1.28. The van der Waals surface area contributed by atoms with Gasteiger partial charge in [-0.25, -0.2) is 0 Å². The summed E-state index contributed by atoms with van der Waals surface area (Å²) in [5.74, 6) is -1.38. The molecule has 0 bridgehead atoms. The van der Waals surface area contributed by atoms with Crippen LogP contribution in [0.15, 0.2) is 24.3 Å². The molecule has 0 fully saturated rings. The molecule has 0 radical (unpaired) electrons. The highest BCUT2D eigenvalue weighted by atomic mass is 16.4. The van der Waals surface area contributed by atoms with Crippen LogP contribution in [0.2, 0.25) is 0 Å². The van der Waals surface area contributed by atoms with Crippen molar-refractivity contribution in [2.75, 3.05) is 6.61 Å². The van der Waals surface area contributed by atoms with Gasteiger partial charge < -0.3 is 15.9 Å². The highest BCUT2D eigenvalue weighted by Crippen LogP contribution is 2.18. The van der Waals surface area contributed by atoms with Gasteiger partial charge in [0.1, 0.15) is 0 Å². The van der Waals surface area contributed by atoms with Gasteiger partial charge in [-0.2, -0.15) is 0 Å². The number of carboxylic acid groups (broad SMARTS) is 1. The first-order chi connectivity index (χ1) is 7.06. The van der Waals surface area contributed by atoms with E-state index >= 15 is 0 Å². The van der Waals surface area contributed by atoms with E-state index in [0.717, 1.165) is 11.1 Å². The normalized spacial score (nSPS) is 14.6. The average molecular weight is 209 g/mol. The molecular formula is C11H15NO3. The molecule has 1 aromatic rings. The number of aliphatic carboxylic acids is 1. The maximum Gasteiger partial charge on any atom is 0.310 e. The Labute approximate surface area is 88.3 Å². The molecule has 0 amide bonds. The van der Waals surface area contributed by atoms with E-state index < -0.39 is 17.9 Å². The van der Waals surface area contributed by atoms with Crippen molar-refractivity contribution < 1.29 is 15.0 Å². The predicted octanol–water partition coefficient (Wildman–Crippen LogP) is 0.867. The number of rotatable bonds is 4. The van der Waals surface area contributed by atoms with Crippen LogP contribution >= 0.6 is 0 Å². The molecule has 0 aliphatic rings. The topological polar surface area (TPSA) is 83.5 Å². The van der Waals surface area contributed by atoms with Crippen LogP contribution in [0.5, 0.6) is 0 Å². The minimum atomic E-state index is -0.853. The number of hydrogen-bond acceptors (Lipinski definition) is 3. The predicted molar refractivity (Wildman–Crippen MR) is 56.5 cm³/mol. The summed E-state index contributed by atoms with van der Waals surface area (Å²) in [5, 5.41) is 17.6. The third-order valence-electron chi connectivity index (χ3n) is 2.43. The molecule has 0 saturated heterocycles. The van der Waals surface area contributed by atoms with Crippen molar-refractivity contribution in [1.82, 2.24) is 0 Å².